The van der Waals surface area contributed by atoms with E-state index in [4.69, 9.17) is 0 Å². The maximum absolute atomic E-state index is 9.17. The molecule has 0 bridgehead atoms. The van der Waals surface area contributed by atoms with Crippen LogP contribution in [-0.4, -0.2) is 34.9 Å². The van der Waals surface area contributed by atoms with Gasteiger partial charge in [-0.05, 0) is 34.3 Å². The summed E-state index contributed by atoms with van der Waals surface area (Å²) in [6.45, 7) is -0.0479. The van der Waals surface area contributed by atoms with Gasteiger partial charge in [0.1, 0.15) is 0 Å². The molecule has 102 valence electrons. The van der Waals surface area contributed by atoms with Crippen molar-refractivity contribution in [1.29, 1.82) is 0 Å². The molecule has 1 aromatic carbocycles. The minimum absolute atomic E-state index is 0.0479. The molecule has 0 aliphatic heterocycles. The van der Waals surface area contributed by atoms with E-state index in [1.165, 1.54) is 11.8 Å². The molecule has 1 N–H and O–H groups in total. The minimum Gasteiger partial charge on any atom is -0.390 e. The molecule has 0 saturated heterocycles. The Balaban J connectivity index is 1.93. The second kappa shape index (κ2) is 5.43. The molecule has 0 aliphatic carbocycles. The van der Waals surface area contributed by atoms with Crippen molar-refractivity contribution in [2.75, 3.05) is 0 Å². The van der Waals surface area contributed by atoms with Crippen molar-refractivity contribution in [3.63, 3.8) is 0 Å². The van der Waals surface area contributed by atoms with Gasteiger partial charge in [0.15, 0.2) is 5.16 Å². The summed E-state index contributed by atoms with van der Waals surface area (Å²) in [6, 6.07) is 9.65. The number of tetrazole rings is 1. The van der Waals surface area contributed by atoms with Gasteiger partial charge in [-0.1, -0.05) is 18.2 Å². The first-order valence-electron chi connectivity index (χ1n) is 5.92. The number of nitrogens with zero attached hydrogens (tertiary/aromatic N) is 6. The van der Waals surface area contributed by atoms with Crippen LogP contribution in [0.5, 0.6) is 0 Å². The number of para-hydroxylation sites is 1. The fourth-order valence-electron chi connectivity index (χ4n) is 1.72. The maximum Gasteiger partial charge on any atom is 0.221 e. The fraction of sp³-hybridized carbons (Fsp3) is 0.167. The van der Waals surface area contributed by atoms with Crippen LogP contribution in [0.1, 0.15) is 5.69 Å². The number of hydrogen-bond acceptors (Lipinski definition) is 6. The third kappa shape index (κ3) is 2.30. The topological polar surface area (TPSA) is 81.7 Å². The minimum atomic E-state index is -0.0479. The van der Waals surface area contributed by atoms with Crippen molar-refractivity contribution in [3.8, 4) is 5.69 Å². The molecule has 7 nitrogen and oxygen atoms in total. The van der Waals surface area contributed by atoms with Crippen molar-refractivity contribution < 1.29 is 5.11 Å². The molecule has 0 unspecified atom stereocenters. The van der Waals surface area contributed by atoms with Gasteiger partial charge in [-0.2, -0.15) is 4.68 Å². The number of aliphatic hydroxyl groups excluding tert-OH is 1. The van der Waals surface area contributed by atoms with E-state index in [0.717, 1.165) is 16.5 Å². The fourth-order valence-corrected chi connectivity index (χ4v) is 2.55. The zero-order chi connectivity index (χ0) is 13.9. The molecule has 3 aromatic rings. The predicted molar refractivity (Wildman–Crippen MR) is 72.4 cm³/mol. The third-order valence-electron chi connectivity index (χ3n) is 2.83. The number of rotatable bonds is 4. The molecule has 3 rings (SSSR count). The van der Waals surface area contributed by atoms with Gasteiger partial charge >= 0.3 is 0 Å². The van der Waals surface area contributed by atoms with Gasteiger partial charge in [-0.3, -0.25) is 0 Å². The van der Waals surface area contributed by atoms with E-state index in [1.54, 1.807) is 10.9 Å². The third-order valence-corrected chi connectivity index (χ3v) is 3.83. The molecule has 0 saturated carbocycles. The van der Waals surface area contributed by atoms with E-state index in [0.29, 0.717) is 5.16 Å². The van der Waals surface area contributed by atoms with Gasteiger partial charge in [0.05, 0.1) is 24.2 Å². The lowest BCUT2D eigenvalue weighted by molar-refractivity contribution is 0.271. The highest BCUT2D eigenvalue weighted by atomic mass is 32.2. The van der Waals surface area contributed by atoms with Crippen LogP contribution in [0.3, 0.4) is 0 Å². The first-order valence-corrected chi connectivity index (χ1v) is 6.74. The molecule has 0 atom stereocenters. The Kier molecular flexibility index (Phi) is 3.48. The molecule has 8 heteroatoms. The zero-order valence-corrected chi connectivity index (χ0v) is 11.5. The van der Waals surface area contributed by atoms with Crippen molar-refractivity contribution in [2.45, 2.75) is 16.9 Å². The normalized spacial score (nSPS) is 10.9. The van der Waals surface area contributed by atoms with Crippen LogP contribution in [0.2, 0.25) is 0 Å². The quantitative estimate of drug-likeness (QED) is 0.772. The van der Waals surface area contributed by atoms with Crippen LogP contribution >= 0.6 is 11.8 Å². The van der Waals surface area contributed by atoms with E-state index in [9.17, 15) is 5.11 Å². The maximum atomic E-state index is 9.17. The van der Waals surface area contributed by atoms with E-state index in [2.05, 4.69) is 20.5 Å². The highest BCUT2D eigenvalue weighted by molar-refractivity contribution is 7.99. The summed E-state index contributed by atoms with van der Waals surface area (Å²) >= 11 is 1.35. The molecule has 20 heavy (non-hydrogen) atoms. The SMILES string of the molecule is Cn1c(CO)cnc1Sc1nnnn1-c1ccccc1. The molecular weight excluding hydrogens is 276 g/mol. The molecule has 0 spiro atoms. The van der Waals surface area contributed by atoms with Crippen LogP contribution in [0.25, 0.3) is 5.69 Å². The Labute approximate surface area is 119 Å². The Morgan fingerprint density at radius 1 is 1.20 bits per heavy atom. The summed E-state index contributed by atoms with van der Waals surface area (Å²) in [5, 5.41) is 22.2. The standard InChI is InChI=1S/C12H12N6OS/c1-17-10(8-19)7-13-11(17)20-12-14-15-16-18(12)9-5-3-2-4-6-9/h2-7,19H,8H2,1H3. The summed E-state index contributed by atoms with van der Waals surface area (Å²) in [5.41, 5.74) is 1.63. The van der Waals surface area contributed by atoms with E-state index in [-0.39, 0.29) is 6.61 Å². The molecule has 0 aliphatic rings. The van der Waals surface area contributed by atoms with Crippen LogP contribution < -0.4 is 0 Å². The first-order chi connectivity index (χ1) is 9.79. The second-order valence-electron chi connectivity index (χ2n) is 4.06. The predicted octanol–water partition coefficient (Wildman–Crippen LogP) is 1.04. The number of aliphatic hydroxyl groups is 1. The summed E-state index contributed by atoms with van der Waals surface area (Å²) in [7, 11) is 1.84. The second-order valence-corrected chi connectivity index (χ2v) is 4.99. The van der Waals surface area contributed by atoms with Crippen LogP contribution in [0.4, 0.5) is 0 Å². The lowest BCUT2D eigenvalue weighted by Crippen LogP contribution is -2.01. The molecular formula is C12H12N6OS. The average molecular weight is 288 g/mol. The summed E-state index contributed by atoms with van der Waals surface area (Å²) in [6.07, 6.45) is 1.64. The molecule has 2 aromatic heterocycles. The first kappa shape index (κ1) is 12.8. The molecule has 0 amide bonds. The van der Waals surface area contributed by atoms with Crippen molar-refractivity contribution >= 4 is 11.8 Å². The molecule has 0 fully saturated rings. The average Bonchev–Trinajstić information content (AvgIpc) is 3.08. The van der Waals surface area contributed by atoms with Crippen molar-refractivity contribution in [3.05, 3.63) is 42.2 Å². The van der Waals surface area contributed by atoms with E-state index in [1.807, 2.05) is 41.9 Å². The van der Waals surface area contributed by atoms with Gasteiger partial charge in [0.2, 0.25) is 5.16 Å². The van der Waals surface area contributed by atoms with Gasteiger partial charge in [0, 0.05) is 7.05 Å². The monoisotopic (exact) mass is 288 g/mol. The van der Waals surface area contributed by atoms with Gasteiger partial charge in [0.25, 0.3) is 0 Å². The summed E-state index contributed by atoms with van der Waals surface area (Å²) in [4.78, 5) is 4.25. The van der Waals surface area contributed by atoms with Crippen LogP contribution in [0.15, 0.2) is 46.8 Å². The Hall–Kier alpha value is -2.19. The van der Waals surface area contributed by atoms with E-state index >= 15 is 0 Å². The smallest absolute Gasteiger partial charge is 0.221 e. The lowest BCUT2D eigenvalue weighted by Gasteiger charge is -2.04. The Morgan fingerprint density at radius 3 is 2.70 bits per heavy atom. The number of imidazole rings is 1. The molecule has 2 heterocycles. The highest BCUT2D eigenvalue weighted by Crippen LogP contribution is 2.26. The van der Waals surface area contributed by atoms with Gasteiger partial charge < -0.3 is 9.67 Å². The Bertz CT molecular complexity index is 708. The van der Waals surface area contributed by atoms with Gasteiger partial charge in [-0.15, -0.1) is 5.10 Å². The van der Waals surface area contributed by atoms with Gasteiger partial charge in [-0.25, -0.2) is 4.98 Å². The number of benzene rings is 1. The van der Waals surface area contributed by atoms with Crippen LogP contribution in [0, 0.1) is 0 Å². The zero-order valence-electron chi connectivity index (χ0n) is 10.7. The number of hydrogen-bond donors (Lipinski definition) is 1. The van der Waals surface area contributed by atoms with E-state index < -0.39 is 0 Å². The lowest BCUT2D eigenvalue weighted by atomic mass is 10.3. The summed E-state index contributed by atoms with van der Waals surface area (Å²) in [5.74, 6) is 0. The highest BCUT2D eigenvalue weighted by Gasteiger charge is 2.14. The van der Waals surface area contributed by atoms with Crippen molar-refractivity contribution in [1.82, 2.24) is 29.8 Å². The number of aromatic nitrogens is 6. The Morgan fingerprint density at radius 2 is 2.00 bits per heavy atom. The van der Waals surface area contributed by atoms with Crippen molar-refractivity contribution in [2.24, 2.45) is 7.05 Å². The largest absolute Gasteiger partial charge is 0.390 e. The summed E-state index contributed by atoms with van der Waals surface area (Å²) < 4.78 is 3.46. The van der Waals surface area contributed by atoms with Crippen LogP contribution in [-0.2, 0) is 13.7 Å². The molecule has 0 radical (unpaired) electrons.